The molecule has 69 heavy (non-hydrogen) atoms. The Kier molecular flexibility index (Phi) is 19.4. The predicted octanol–water partition coefficient (Wildman–Crippen LogP) is 11.8. The zero-order valence-electron chi connectivity index (χ0n) is 35.6. The molecule has 0 saturated heterocycles. The van der Waals surface area contributed by atoms with Crippen LogP contribution in [0, 0.1) is 0 Å². The summed E-state index contributed by atoms with van der Waals surface area (Å²) in [6.45, 7) is 0.825. The van der Waals surface area contributed by atoms with Crippen LogP contribution in [0.2, 0.25) is 0 Å². The van der Waals surface area contributed by atoms with Crippen LogP contribution in [0.25, 0.3) is 0 Å². The van der Waals surface area contributed by atoms with Gasteiger partial charge in [0, 0.05) is 9.79 Å². The van der Waals surface area contributed by atoms with E-state index < -0.39 is 60.7 Å². The second kappa shape index (κ2) is 23.2. The van der Waals surface area contributed by atoms with Crippen molar-refractivity contribution in [3.8, 4) is 23.0 Å². The summed E-state index contributed by atoms with van der Waals surface area (Å²) >= 11 is -20.8. The summed E-state index contributed by atoms with van der Waals surface area (Å²) in [5, 5.41) is 36.7. The van der Waals surface area contributed by atoms with Gasteiger partial charge in [-0.2, -0.15) is 0 Å². The van der Waals surface area contributed by atoms with Gasteiger partial charge in [0.25, 0.3) is 0 Å². The molecule has 0 saturated carbocycles. The Morgan fingerprint density at radius 3 is 0.623 bits per heavy atom. The molecule has 0 heterocycles. The minimum absolute atomic E-state index is 0.0398. The van der Waals surface area contributed by atoms with Gasteiger partial charge in [-0.25, -0.2) is 0 Å². The SMILES string of the molecule is OCCOc1ccc([S+](c2ccc(OCCO)cc2)c2ccc(Sc3ccc([S+](c4ccc(OCCO)cc4)c4ccc(OCCO)cc4)cc3)cc2)cc1.[F][Sb-]([F])([F])([F])([F])[F].[F][Sb-]([F])([F])([F])([F])[F]. The zero-order chi connectivity index (χ0) is 51.1. The van der Waals surface area contributed by atoms with Crippen LogP contribution in [-0.2, 0) is 21.8 Å². The molecule has 4 N–H and O–H groups in total. The maximum absolute atomic E-state index is 11.2. The molecule has 0 aliphatic rings. The fraction of sp³-hybridized carbons (Fsp3) is 0.182. The third-order valence-electron chi connectivity index (χ3n) is 8.03. The monoisotopic (exact) mass is 1270 g/mol. The number of hydrogen-bond acceptors (Lipinski definition) is 9. The number of hydrogen-bond donors (Lipinski definition) is 4. The Bertz CT molecular complexity index is 2200. The summed E-state index contributed by atoms with van der Waals surface area (Å²) in [5.41, 5.74) is 0. The number of benzene rings is 6. The van der Waals surface area contributed by atoms with Crippen molar-refractivity contribution in [2.24, 2.45) is 0 Å². The van der Waals surface area contributed by atoms with E-state index >= 15 is 0 Å². The van der Waals surface area contributed by atoms with E-state index in [1.807, 2.05) is 48.5 Å². The minimum atomic E-state index is -11.2. The summed E-state index contributed by atoms with van der Waals surface area (Å²) in [4.78, 5) is 9.10. The average molecular weight is 1270 g/mol. The summed E-state index contributed by atoms with van der Waals surface area (Å²) in [6, 6.07) is 49.5. The predicted molar refractivity (Wildman–Crippen MR) is 242 cm³/mol. The van der Waals surface area contributed by atoms with Crippen LogP contribution in [0.15, 0.2) is 185 Å². The molecule has 0 amide bonds. The normalized spacial score (nSPS) is 13.6. The molecule has 0 radical (unpaired) electrons. The van der Waals surface area contributed by atoms with Gasteiger partial charge >= 0.3 is 72.7 Å². The topological polar surface area (TPSA) is 118 Å². The van der Waals surface area contributed by atoms with Crippen LogP contribution in [0.1, 0.15) is 0 Å². The van der Waals surface area contributed by atoms with Gasteiger partial charge in [0.05, 0.1) is 48.2 Å². The molecule has 6 aromatic rings. The van der Waals surface area contributed by atoms with E-state index in [0.29, 0.717) is 23.0 Å². The van der Waals surface area contributed by atoms with Crippen molar-refractivity contribution < 1.29 is 73.1 Å². The van der Waals surface area contributed by atoms with Crippen LogP contribution in [0.5, 0.6) is 23.0 Å². The third-order valence-corrected chi connectivity index (χ3v) is 13.5. The Morgan fingerprint density at radius 1 is 0.304 bits per heavy atom. The van der Waals surface area contributed by atoms with Crippen LogP contribution in [0.3, 0.4) is 0 Å². The van der Waals surface area contributed by atoms with Crippen LogP contribution >= 0.6 is 11.8 Å². The van der Waals surface area contributed by atoms with Crippen LogP contribution < -0.4 is 18.9 Å². The third kappa shape index (κ3) is 24.7. The molecule has 0 spiro atoms. The Morgan fingerprint density at radius 2 is 0.464 bits per heavy atom. The van der Waals surface area contributed by atoms with Crippen LogP contribution in [0.4, 0.5) is 33.8 Å². The Hall–Kier alpha value is -3.79. The fourth-order valence-corrected chi connectivity index (χ4v) is 10.5. The molecule has 6 aromatic carbocycles. The van der Waals surface area contributed by atoms with Gasteiger partial charge in [-0.3, -0.25) is 0 Å². The number of rotatable bonds is 20. The number of aliphatic hydroxyl groups excluding tert-OH is 4. The van der Waals surface area contributed by atoms with Gasteiger partial charge in [0.2, 0.25) is 0 Å². The van der Waals surface area contributed by atoms with E-state index in [-0.39, 0.29) is 52.9 Å². The van der Waals surface area contributed by atoms with E-state index in [1.165, 1.54) is 0 Å². The summed E-state index contributed by atoms with van der Waals surface area (Å²) in [7, 11) is -0.811. The Balaban J connectivity index is 0.000000645. The molecule has 0 atom stereocenters. The first-order valence-corrected chi connectivity index (χ1v) is 34.7. The van der Waals surface area contributed by atoms with E-state index in [0.717, 1.165) is 39.2 Å². The van der Waals surface area contributed by atoms with Gasteiger partial charge in [-0.1, -0.05) is 11.8 Å². The van der Waals surface area contributed by atoms with Crippen molar-refractivity contribution in [2.75, 3.05) is 52.9 Å². The molecule has 0 aliphatic heterocycles. The molecule has 380 valence electrons. The Labute approximate surface area is 403 Å². The van der Waals surface area contributed by atoms with E-state index in [4.69, 9.17) is 39.4 Å². The second-order valence-corrected chi connectivity index (χ2v) is 29.9. The molecule has 0 bridgehead atoms. The average Bonchev–Trinajstić information content (AvgIpc) is 3.27. The zero-order valence-corrected chi connectivity index (χ0v) is 43.1. The van der Waals surface area contributed by atoms with Crippen molar-refractivity contribution in [1.29, 1.82) is 0 Å². The molecule has 0 aliphatic carbocycles. The molecule has 25 heteroatoms. The fourth-order valence-electron chi connectivity index (χ4n) is 5.58. The molecular formula is C44H44F12O8S3Sb2. The molecule has 6 rings (SSSR count). The summed E-state index contributed by atoms with van der Waals surface area (Å²) in [5.74, 6) is 2.84. The van der Waals surface area contributed by atoms with Crippen molar-refractivity contribution in [3.63, 3.8) is 0 Å². The quantitative estimate of drug-likeness (QED) is 0.0337. The molecule has 0 aromatic heterocycles. The van der Waals surface area contributed by atoms with Crippen molar-refractivity contribution >= 4 is 72.5 Å². The standard InChI is InChI=1S/C44H44O8S3.12FH.2Sb/c45-25-29-49-33-1-13-39(14-2-33)54(40-15-3-34(4-16-40)50-30-26-46)43-21-9-37(10-22-43)53-38-11-23-44(24-12-38)55(41-17-5-35(6-18-41)51-31-27-47)42-19-7-36(8-20-42)52-32-28-48;;;;;;;;;;;;;;/h1-24,45-48H,25-32H2;12*1H;;/q+2;;;;;;;;;;;;;2*+5/p-12. The first-order chi connectivity index (χ1) is 32.0. The van der Waals surface area contributed by atoms with Gasteiger partial charge in [0.15, 0.2) is 29.4 Å². The van der Waals surface area contributed by atoms with Gasteiger partial charge in [0.1, 0.15) is 49.4 Å². The molecule has 8 nitrogen and oxygen atoms in total. The molecule has 0 fully saturated rings. The molecule has 0 unspecified atom stereocenters. The van der Waals surface area contributed by atoms with Gasteiger partial charge in [-0.15, -0.1) is 0 Å². The summed E-state index contributed by atoms with van der Waals surface area (Å²) in [6.07, 6.45) is 0. The van der Waals surface area contributed by atoms with Gasteiger partial charge < -0.3 is 39.4 Å². The molecular weight excluding hydrogens is 1220 g/mol. The van der Waals surface area contributed by atoms with Gasteiger partial charge in [-0.05, 0) is 146 Å². The van der Waals surface area contributed by atoms with E-state index in [1.54, 1.807) is 11.8 Å². The maximum atomic E-state index is 9.93. The first-order valence-electron chi connectivity index (χ1n) is 19.8. The number of aliphatic hydroxyl groups is 4. The van der Waals surface area contributed by atoms with Crippen molar-refractivity contribution in [1.82, 2.24) is 0 Å². The first kappa shape index (κ1) is 57.8. The van der Waals surface area contributed by atoms with E-state index in [2.05, 4.69) is 97.1 Å². The van der Waals surface area contributed by atoms with Crippen molar-refractivity contribution in [2.45, 2.75) is 39.2 Å². The van der Waals surface area contributed by atoms with Crippen molar-refractivity contribution in [3.05, 3.63) is 146 Å². The number of ether oxygens (including phenoxy) is 4. The second-order valence-electron chi connectivity index (χ2n) is 13.7. The van der Waals surface area contributed by atoms with Crippen LogP contribution in [-0.4, -0.2) is 112 Å². The number of halogens is 12. The summed E-state index contributed by atoms with van der Waals surface area (Å²) < 4.78 is 142. The van der Waals surface area contributed by atoms with E-state index in [9.17, 15) is 33.8 Å².